The molecule has 7 nitrogen and oxygen atoms in total. The van der Waals surface area contributed by atoms with Crippen LogP contribution in [0.25, 0.3) is 0 Å². The number of rotatable bonds is 8. The highest BCUT2D eigenvalue weighted by atomic mass is 16.4. The van der Waals surface area contributed by atoms with Crippen LogP contribution in [-0.2, 0) is 9.59 Å². The van der Waals surface area contributed by atoms with Crippen LogP contribution in [0.15, 0.2) is 0 Å². The zero-order valence-electron chi connectivity index (χ0n) is 11.0. The molecule has 0 saturated carbocycles. The summed E-state index contributed by atoms with van der Waals surface area (Å²) in [5, 5.41) is 36.7. The van der Waals surface area contributed by atoms with Gasteiger partial charge in [-0.2, -0.15) is 0 Å². The Morgan fingerprint density at radius 2 is 1.44 bits per heavy atom. The molecule has 1 atom stereocenters. The largest absolute Gasteiger partial charge is 0.481 e. The lowest BCUT2D eigenvalue weighted by atomic mass is 9.73. The van der Waals surface area contributed by atoms with E-state index in [1.54, 1.807) is 21.1 Å². The van der Waals surface area contributed by atoms with E-state index in [0.717, 1.165) is 0 Å². The average molecular weight is 264 g/mol. The van der Waals surface area contributed by atoms with Crippen molar-refractivity contribution in [2.24, 2.45) is 5.41 Å². The first kappa shape index (κ1) is 16.8. The fourth-order valence-electron chi connectivity index (χ4n) is 2.44. The second-order valence-electron chi connectivity index (χ2n) is 5.27. The smallest absolute Gasteiger partial charge is 0.363 e. The SMILES string of the molecule is C[N+](C)(C)C(C(=O)O)C(CCO)(CCO)C(=O)O. The molecule has 0 rings (SSSR count). The number of aliphatic hydroxyl groups excluding tert-OH is 2. The van der Waals surface area contributed by atoms with Crippen LogP contribution in [0.1, 0.15) is 12.8 Å². The maximum absolute atomic E-state index is 11.5. The van der Waals surface area contributed by atoms with E-state index in [0.29, 0.717) is 0 Å². The number of hydrogen-bond acceptors (Lipinski definition) is 4. The van der Waals surface area contributed by atoms with Gasteiger partial charge in [0, 0.05) is 13.2 Å². The van der Waals surface area contributed by atoms with Gasteiger partial charge in [-0.15, -0.1) is 0 Å². The van der Waals surface area contributed by atoms with Crippen molar-refractivity contribution in [2.75, 3.05) is 34.4 Å². The average Bonchev–Trinajstić information content (AvgIpc) is 2.14. The summed E-state index contributed by atoms with van der Waals surface area (Å²) in [5.74, 6) is -2.57. The second kappa shape index (κ2) is 6.12. The maximum atomic E-state index is 11.5. The molecular weight excluding hydrogens is 242 g/mol. The van der Waals surface area contributed by atoms with Crippen molar-refractivity contribution < 1.29 is 34.5 Å². The van der Waals surface area contributed by atoms with E-state index in [1.165, 1.54) is 0 Å². The number of carboxylic acid groups (broad SMARTS) is 2. The Labute approximate surface area is 106 Å². The maximum Gasteiger partial charge on any atom is 0.363 e. The monoisotopic (exact) mass is 264 g/mol. The number of quaternary nitrogens is 1. The minimum Gasteiger partial charge on any atom is -0.481 e. The minimum absolute atomic E-state index is 0.109. The molecule has 0 aliphatic carbocycles. The van der Waals surface area contributed by atoms with Crippen molar-refractivity contribution in [3.8, 4) is 0 Å². The van der Waals surface area contributed by atoms with Crippen LogP contribution < -0.4 is 0 Å². The van der Waals surface area contributed by atoms with Crippen molar-refractivity contribution in [3.63, 3.8) is 0 Å². The third-order valence-electron chi connectivity index (χ3n) is 3.07. The number of nitrogens with zero attached hydrogens (tertiary/aromatic N) is 1. The van der Waals surface area contributed by atoms with Crippen LogP contribution in [0.2, 0.25) is 0 Å². The molecule has 0 aromatic carbocycles. The van der Waals surface area contributed by atoms with Crippen LogP contribution in [0.4, 0.5) is 0 Å². The summed E-state index contributed by atoms with van der Waals surface area (Å²) in [6, 6.07) is -1.26. The third kappa shape index (κ3) is 3.41. The van der Waals surface area contributed by atoms with Gasteiger partial charge in [0.2, 0.25) is 6.04 Å². The lowest BCUT2D eigenvalue weighted by Gasteiger charge is -2.41. The summed E-state index contributed by atoms with van der Waals surface area (Å²) in [7, 11) is 4.72. The predicted molar refractivity (Wildman–Crippen MR) is 62.9 cm³/mol. The molecule has 4 N–H and O–H groups in total. The second-order valence-corrected chi connectivity index (χ2v) is 5.27. The summed E-state index contributed by atoms with van der Waals surface area (Å²) < 4.78 is -0.109. The highest BCUT2D eigenvalue weighted by Gasteiger charge is 2.56. The molecule has 0 fully saturated rings. The summed E-state index contributed by atoms with van der Waals surface area (Å²) >= 11 is 0. The van der Waals surface area contributed by atoms with E-state index in [2.05, 4.69) is 0 Å². The van der Waals surface area contributed by atoms with Gasteiger partial charge in [0.15, 0.2) is 0 Å². The molecule has 0 bridgehead atoms. The minimum atomic E-state index is -1.69. The van der Waals surface area contributed by atoms with Gasteiger partial charge in [-0.25, -0.2) is 4.79 Å². The molecule has 1 unspecified atom stereocenters. The van der Waals surface area contributed by atoms with Crippen LogP contribution in [-0.4, -0.2) is 77.2 Å². The zero-order valence-corrected chi connectivity index (χ0v) is 11.0. The van der Waals surface area contributed by atoms with Gasteiger partial charge >= 0.3 is 11.9 Å². The van der Waals surface area contributed by atoms with Gasteiger partial charge in [-0.1, -0.05) is 0 Å². The fourth-order valence-corrected chi connectivity index (χ4v) is 2.44. The molecule has 106 valence electrons. The quantitative estimate of drug-likeness (QED) is 0.417. The Bertz CT molecular complexity index is 303. The lowest BCUT2D eigenvalue weighted by Crippen LogP contribution is -2.62. The molecule has 0 aliphatic heterocycles. The Morgan fingerprint density at radius 1 is 1.06 bits per heavy atom. The summed E-state index contributed by atoms with van der Waals surface area (Å²) in [4.78, 5) is 22.9. The Morgan fingerprint density at radius 3 is 1.61 bits per heavy atom. The van der Waals surface area contributed by atoms with E-state index in [4.69, 9.17) is 10.2 Å². The molecule has 7 heteroatoms. The van der Waals surface area contributed by atoms with Crippen LogP contribution in [0.3, 0.4) is 0 Å². The van der Waals surface area contributed by atoms with E-state index >= 15 is 0 Å². The lowest BCUT2D eigenvalue weighted by molar-refractivity contribution is -0.894. The normalized spacial score (nSPS) is 14.3. The predicted octanol–water partition coefficient (Wildman–Crippen LogP) is -1.02. The molecule has 0 spiro atoms. The number of aliphatic carboxylic acids is 2. The van der Waals surface area contributed by atoms with Gasteiger partial charge in [-0.3, -0.25) is 4.79 Å². The summed E-state index contributed by atoms with van der Waals surface area (Å²) in [6.07, 6.45) is -0.426. The number of hydrogen-bond donors (Lipinski definition) is 4. The molecule has 0 heterocycles. The van der Waals surface area contributed by atoms with E-state index in [-0.39, 0.29) is 17.3 Å². The van der Waals surface area contributed by atoms with Crippen molar-refractivity contribution in [3.05, 3.63) is 0 Å². The van der Waals surface area contributed by atoms with Gasteiger partial charge < -0.3 is 24.9 Å². The number of aliphatic hydroxyl groups is 2. The Kier molecular flexibility index (Phi) is 5.72. The number of carbonyl (C=O) groups is 2. The van der Waals surface area contributed by atoms with Gasteiger partial charge in [0.05, 0.1) is 21.1 Å². The molecular formula is C11H22NO6+. The third-order valence-corrected chi connectivity index (χ3v) is 3.07. The van der Waals surface area contributed by atoms with Crippen LogP contribution in [0, 0.1) is 5.41 Å². The summed E-state index contributed by atoms with van der Waals surface area (Å²) in [5.41, 5.74) is -1.69. The first-order chi connectivity index (χ1) is 8.13. The van der Waals surface area contributed by atoms with Crippen molar-refractivity contribution in [2.45, 2.75) is 18.9 Å². The first-order valence-electron chi connectivity index (χ1n) is 5.62. The topological polar surface area (TPSA) is 115 Å². The highest BCUT2D eigenvalue weighted by molar-refractivity contribution is 5.85. The fraction of sp³-hybridized carbons (Fsp3) is 0.818. The molecule has 0 saturated heterocycles. The van der Waals surface area contributed by atoms with Crippen molar-refractivity contribution in [1.29, 1.82) is 0 Å². The molecule has 18 heavy (non-hydrogen) atoms. The van der Waals surface area contributed by atoms with Crippen LogP contribution >= 0.6 is 0 Å². The number of carboxylic acids is 2. The Hall–Kier alpha value is -1.18. The molecule has 0 aliphatic rings. The van der Waals surface area contributed by atoms with Crippen molar-refractivity contribution in [1.82, 2.24) is 0 Å². The molecule has 0 amide bonds. The number of likely N-dealkylation sites (N-methyl/N-ethyl adjacent to an activating group) is 1. The van der Waals surface area contributed by atoms with Crippen molar-refractivity contribution >= 4 is 11.9 Å². The summed E-state index contributed by atoms with van der Waals surface area (Å²) in [6.45, 7) is -0.897. The van der Waals surface area contributed by atoms with Crippen LogP contribution in [0.5, 0.6) is 0 Å². The standard InChI is InChI=1S/C11H21NO6/c1-12(2,3)8(9(15)16)11(4-6-13,5-7-14)10(17)18/h8,13-14H,4-7H2,1-3H3,(H-,15,16,17,18)/p+1. The molecule has 0 aromatic heterocycles. The Balaban J connectivity index is 5.75. The van der Waals surface area contributed by atoms with E-state index < -0.39 is 36.6 Å². The van der Waals surface area contributed by atoms with E-state index in [9.17, 15) is 19.8 Å². The first-order valence-corrected chi connectivity index (χ1v) is 5.62. The highest BCUT2D eigenvalue weighted by Crippen LogP contribution is 2.36. The van der Waals surface area contributed by atoms with Gasteiger partial charge in [0.25, 0.3) is 0 Å². The van der Waals surface area contributed by atoms with Gasteiger partial charge in [-0.05, 0) is 12.8 Å². The zero-order chi connectivity index (χ0) is 14.6. The van der Waals surface area contributed by atoms with E-state index in [1.807, 2.05) is 0 Å². The molecule has 0 radical (unpaired) electrons. The van der Waals surface area contributed by atoms with Gasteiger partial charge in [0.1, 0.15) is 5.41 Å². The molecule has 0 aromatic rings.